The van der Waals surface area contributed by atoms with Gasteiger partial charge in [0.25, 0.3) is 0 Å². The lowest BCUT2D eigenvalue weighted by Crippen LogP contribution is -2.11. The molecule has 0 aliphatic rings. The van der Waals surface area contributed by atoms with Crippen molar-refractivity contribution >= 4 is 11.9 Å². The van der Waals surface area contributed by atoms with Crippen LogP contribution in [0.1, 0.15) is 35.1 Å². The Labute approximate surface area is 129 Å². The van der Waals surface area contributed by atoms with Gasteiger partial charge in [-0.25, -0.2) is 0 Å². The molecule has 0 bridgehead atoms. The number of carboxylic acid groups (broad SMARTS) is 2. The van der Waals surface area contributed by atoms with Crippen molar-refractivity contribution in [2.45, 2.75) is 25.7 Å². The third-order valence-corrected chi connectivity index (χ3v) is 3.64. The van der Waals surface area contributed by atoms with E-state index in [4.69, 9.17) is 5.11 Å². The molecule has 2 N–H and O–H groups in total. The molecule has 0 saturated carbocycles. The normalized spacial score (nSPS) is 11.9. The lowest BCUT2D eigenvalue weighted by atomic mass is 9.90. The average Bonchev–Trinajstić information content (AvgIpc) is 2.48. The first-order valence-corrected chi connectivity index (χ1v) is 7.07. The number of hydrogen-bond acceptors (Lipinski definition) is 2. The molecule has 0 aromatic heterocycles. The zero-order valence-electron chi connectivity index (χ0n) is 12.3. The predicted molar refractivity (Wildman–Crippen MR) is 83.1 cm³/mol. The number of benzene rings is 2. The first kappa shape index (κ1) is 15.8. The lowest BCUT2D eigenvalue weighted by Gasteiger charge is -2.15. The minimum absolute atomic E-state index is 0.106. The number of carboxylic acids is 2. The molecule has 114 valence electrons. The van der Waals surface area contributed by atoms with E-state index in [-0.39, 0.29) is 6.42 Å². The highest BCUT2D eigenvalue weighted by atomic mass is 16.4. The fourth-order valence-corrected chi connectivity index (χ4v) is 2.44. The number of aliphatic carboxylic acids is 2. The molecule has 0 spiro atoms. The fourth-order valence-electron chi connectivity index (χ4n) is 2.44. The van der Waals surface area contributed by atoms with Crippen molar-refractivity contribution in [3.8, 4) is 0 Å². The van der Waals surface area contributed by atoms with Gasteiger partial charge in [-0.05, 0) is 35.6 Å². The largest absolute Gasteiger partial charge is 0.481 e. The van der Waals surface area contributed by atoms with E-state index in [0.29, 0.717) is 17.5 Å². The van der Waals surface area contributed by atoms with E-state index in [0.717, 1.165) is 11.1 Å². The molecule has 0 aliphatic heterocycles. The Morgan fingerprint density at radius 2 is 1.68 bits per heavy atom. The van der Waals surface area contributed by atoms with Crippen LogP contribution < -0.4 is 0 Å². The van der Waals surface area contributed by atoms with E-state index in [2.05, 4.69) is 0 Å². The average molecular weight is 298 g/mol. The summed E-state index contributed by atoms with van der Waals surface area (Å²) in [4.78, 5) is 22.2. The van der Waals surface area contributed by atoms with Gasteiger partial charge in [0.1, 0.15) is 0 Å². The third-order valence-electron chi connectivity index (χ3n) is 3.64. The van der Waals surface area contributed by atoms with E-state index in [1.54, 1.807) is 19.1 Å². The molecule has 0 aliphatic carbocycles. The van der Waals surface area contributed by atoms with Crippen LogP contribution in [0.15, 0.2) is 48.5 Å². The Kier molecular flexibility index (Phi) is 4.94. The highest BCUT2D eigenvalue weighted by molar-refractivity contribution is 5.77. The zero-order chi connectivity index (χ0) is 16.1. The Morgan fingerprint density at radius 3 is 2.27 bits per heavy atom. The standard InChI is InChI=1S/C18H18O4/c1-12(18(21)22)16-10-14(11-17(19)20)7-8-15(16)9-13-5-3-2-4-6-13/h2-8,10,12H,9,11H2,1H3,(H,19,20)(H,21,22). The summed E-state index contributed by atoms with van der Waals surface area (Å²) in [5.41, 5.74) is 3.30. The smallest absolute Gasteiger partial charge is 0.310 e. The first-order chi connectivity index (χ1) is 10.5. The van der Waals surface area contributed by atoms with Crippen molar-refractivity contribution in [1.29, 1.82) is 0 Å². The molecule has 0 heterocycles. The van der Waals surface area contributed by atoms with Crippen molar-refractivity contribution in [1.82, 2.24) is 0 Å². The second kappa shape index (κ2) is 6.89. The van der Waals surface area contributed by atoms with E-state index >= 15 is 0 Å². The van der Waals surface area contributed by atoms with Crippen LogP contribution in [-0.4, -0.2) is 22.2 Å². The maximum absolute atomic E-state index is 11.3. The van der Waals surface area contributed by atoms with Crippen molar-refractivity contribution in [2.24, 2.45) is 0 Å². The van der Waals surface area contributed by atoms with E-state index in [1.165, 1.54) is 0 Å². The van der Waals surface area contributed by atoms with Gasteiger partial charge in [-0.1, -0.05) is 48.5 Å². The quantitative estimate of drug-likeness (QED) is 0.859. The second-order valence-electron chi connectivity index (χ2n) is 5.33. The highest BCUT2D eigenvalue weighted by Gasteiger charge is 2.18. The van der Waals surface area contributed by atoms with Gasteiger partial charge in [0.05, 0.1) is 12.3 Å². The molecule has 2 aromatic rings. The van der Waals surface area contributed by atoms with Crippen molar-refractivity contribution in [3.05, 3.63) is 70.8 Å². The van der Waals surface area contributed by atoms with Gasteiger partial charge in [-0.15, -0.1) is 0 Å². The van der Waals surface area contributed by atoms with Gasteiger partial charge in [0, 0.05) is 0 Å². The molecule has 4 heteroatoms. The predicted octanol–water partition coefficient (Wildman–Crippen LogP) is 3.09. The Bertz CT molecular complexity index is 677. The molecule has 4 nitrogen and oxygen atoms in total. The summed E-state index contributed by atoms with van der Waals surface area (Å²) in [7, 11) is 0. The van der Waals surface area contributed by atoms with Crippen LogP contribution in [0.4, 0.5) is 0 Å². The molecule has 0 fully saturated rings. The monoisotopic (exact) mass is 298 g/mol. The number of carbonyl (C=O) groups is 2. The SMILES string of the molecule is CC(C(=O)O)c1cc(CC(=O)O)ccc1Cc1ccccc1. The Morgan fingerprint density at radius 1 is 1.00 bits per heavy atom. The van der Waals surface area contributed by atoms with Gasteiger partial charge in [0.15, 0.2) is 0 Å². The number of rotatable bonds is 6. The molecule has 22 heavy (non-hydrogen) atoms. The molecule has 0 saturated heterocycles. The maximum atomic E-state index is 11.3. The molecule has 1 atom stereocenters. The summed E-state index contributed by atoms with van der Waals surface area (Å²) >= 11 is 0. The molecular formula is C18H18O4. The minimum atomic E-state index is -0.926. The van der Waals surface area contributed by atoms with E-state index in [9.17, 15) is 14.7 Å². The van der Waals surface area contributed by atoms with Gasteiger partial charge in [0.2, 0.25) is 0 Å². The summed E-state index contributed by atoms with van der Waals surface area (Å²) < 4.78 is 0. The summed E-state index contributed by atoms with van der Waals surface area (Å²) in [6.07, 6.45) is 0.520. The molecule has 0 radical (unpaired) electrons. The fraction of sp³-hybridized carbons (Fsp3) is 0.222. The molecular weight excluding hydrogens is 280 g/mol. The topological polar surface area (TPSA) is 74.6 Å². The van der Waals surface area contributed by atoms with Crippen LogP contribution >= 0.6 is 0 Å². The van der Waals surface area contributed by atoms with Crippen LogP contribution in [-0.2, 0) is 22.4 Å². The van der Waals surface area contributed by atoms with Gasteiger partial charge in [-0.2, -0.15) is 0 Å². The van der Waals surface area contributed by atoms with Crippen LogP contribution in [0.25, 0.3) is 0 Å². The highest BCUT2D eigenvalue weighted by Crippen LogP contribution is 2.24. The molecule has 0 amide bonds. The maximum Gasteiger partial charge on any atom is 0.310 e. The van der Waals surface area contributed by atoms with Gasteiger partial charge < -0.3 is 10.2 Å². The number of hydrogen-bond donors (Lipinski definition) is 2. The van der Waals surface area contributed by atoms with Crippen LogP contribution in [0.2, 0.25) is 0 Å². The molecule has 2 aromatic carbocycles. The van der Waals surface area contributed by atoms with Gasteiger partial charge >= 0.3 is 11.9 Å². The van der Waals surface area contributed by atoms with Crippen LogP contribution in [0, 0.1) is 0 Å². The van der Waals surface area contributed by atoms with Gasteiger partial charge in [-0.3, -0.25) is 9.59 Å². The molecule has 2 rings (SSSR count). The Balaban J connectivity index is 2.39. The van der Waals surface area contributed by atoms with Crippen molar-refractivity contribution < 1.29 is 19.8 Å². The first-order valence-electron chi connectivity index (χ1n) is 7.07. The van der Waals surface area contributed by atoms with Crippen molar-refractivity contribution in [2.75, 3.05) is 0 Å². The minimum Gasteiger partial charge on any atom is -0.481 e. The molecule has 1 unspecified atom stereocenters. The van der Waals surface area contributed by atoms with E-state index in [1.807, 2.05) is 36.4 Å². The second-order valence-corrected chi connectivity index (χ2v) is 5.33. The summed E-state index contributed by atoms with van der Waals surface area (Å²) in [5.74, 6) is -2.51. The van der Waals surface area contributed by atoms with Crippen LogP contribution in [0.5, 0.6) is 0 Å². The lowest BCUT2D eigenvalue weighted by molar-refractivity contribution is -0.138. The van der Waals surface area contributed by atoms with E-state index < -0.39 is 17.9 Å². The van der Waals surface area contributed by atoms with Crippen LogP contribution in [0.3, 0.4) is 0 Å². The summed E-state index contributed by atoms with van der Waals surface area (Å²) in [6, 6.07) is 15.1. The van der Waals surface area contributed by atoms with Crippen molar-refractivity contribution in [3.63, 3.8) is 0 Å². The summed E-state index contributed by atoms with van der Waals surface area (Å²) in [5, 5.41) is 18.2. The Hall–Kier alpha value is -2.62. The zero-order valence-corrected chi connectivity index (χ0v) is 12.3. The third kappa shape index (κ3) is 3.95. The summed E-state index contributed by atoms with van der Waals surface area (Å²) in [6.45, 7) is 1.62.